The third-order valence-corrected chi connectivity index (χ3v) is 5.24. The summed E-state index contributed by atoms with van der Waals surface area (Å²) in [5, 5.41) is 39.0. The quantitative estimate of drug-likeness (QED) is 0.789. The monoisotopic (exact) mass is 310 g/mol. The Balaban J connectivity index is 2.21. The minimum absolute atomic E-state index is 0.318. The molecular formula is C20H14N4. The molecule has 2 aliphatic rings. The molecule has 0 amide bonds. The molecule has 114 valence electrons. The topological polar surface area (TPSA) is 95.2 Å². The highest BCUT2D eigenvalue weighted by Crippen LogP contribution is 2.61. The van der Waals surface area contributed by atoms with Crippen molar-refractivity contribution in [3.63, 3.8) is 0 Å². The lowest BCUT2D eigenvalue weighted by Gasteiger charge is -2.29. The summed E-state index contributed by atoms with van der Waals surface area (Å²) in [4.78, 5) is 0. The van der Waals surface area contributed by atoms with Crippen LogP contribution < -0.4 is 0 Å². The van der Waals surface area contributed by atoms with Gasteiger partial charge in [0, 0.05) is 5.92 Å². The number of rotatable bonds is 1. The lowest BCUT2D eigenvalue weighted by molar-refractivity contribution is 0.266. The Labute approximate surface area is 141 Å². The second-order valence-corrected chi connectivity index (χ2v) is 6.23. The average molecular weight is 310 g/mol. The number of allylic oxidation sites excluding steroid dienone is 4. The SMILES string of the molecule is N#CC1(C#N)[C@@H]2CC=CC(c3ccccc3)=C[C@H](C2)C1(C#N)C#N. The van der Waals surface area contributed by atoms with Gasteiger partial charge in [-0.05, 0) is 29.9 Å². The summed E-state index contributed by atoms with van der Waals surface area (Å²) in [6.07, 6.45) is 6.78. The molecule has 1 aromatic rings. The second-order valence-electron chi connectivity index (χ2n) is 6.23. The smallest absolute Gasteiger partial charge is 0.181 e. The van der Waals surface area contributed by atoms with Crippen LogP contribution in [0.25, 0.3) is 5.57 Å². The maximum atomic E-state index is 9.78. The predicted molar refractivity (Wildman–Crippen MR) is 87.1 cm³/mol. The van der Waals surface area contributed by atoms with Crippen LogP contribution in [0.1, 0.15) is 18.4 Å². The fourth-order valence-corrected chi connectivity index (χ4v) is 3.95. The van der Waals surface area contributed by atoms with E-state index in [0.29, 0.717) is 12.8 Å². The molecule has 3 rings (SSSR count). The van der Waals surface area contributed by atoms with Gasteiger partial charge in [-0.15, -0.1) is 0 Å². The summed E-state index contributed by atoms with van der Waals surface area (Å²) < 4.78 is 0. The normalized spacial score (nSPS) is 25.8. The van der Waals surface area contributed by atoms with E-state index in [4.69, 9.17) is 0 Å². The lowest BCUT2D eigenvalue weighted by atomic mass is 9.62. The van der Waals surface area contributed by atoms with Crippen molar-refractivity contribution in [3.8, 4) is 24.3 Å². The number of nitriles is 4. The Hall–Kier alpha value is -3.34. The zero-order valence-corrected chi connectivity index (χ0v) is 13.0. The molecule has 0 spiro atoms. The minimum Gasteiger partial charge on any atom is -0.196 e. The molecule has 1 saturated carbocycles. The van der Waals surface area contributed by atoms with E-state index in [1.165, 1.54) is 0 Å². The molecular weight excluding hydrogens is 296 g/mol. The van der Waals surface area contributed by atoms with Gasteiger partial charge in [-0.2, -0.15) is 21.0 Å². The van der Waals surface area contributed by atoms with Gasteiger partial charge in [0.1, 0.15) is 0 Å². The third kappa shape index (κ3) is 1.88. The first kappa shape index (κ1) is 15.6. The van der Waals surface area contributed by atoms with Crippen LogP contribution in [0.4, 0.5) is 0 Å². The molecule has 1 aromatic carbocycles. The molecule has 0 radical (unpaired) electrons. The molecule has 0 aliphatic heterocycles. The van der Waals surface area contributed by atoms with Crippen molar-refractivity contribution in [2.75, 3.05) is 0 Å². The van der Waals surface area contributed by atoms with Crippen LogP contribution in [0.15, 0.2) is 48.6 Å². The van der Waals surface area contributed by atoms with Crippen LogP contribution in [0.5, 0.6) is 0 Å². The highest BCUT2D eigenvalue weighted by atomic mass is 14.7. The first-order chi connectivity index (χ1) is 11.7. The maximum absolute atomic E-state index is 9.78. The fraction of sp³-hybridized carbons (Fsp3) is 0.300. The van der Waals surface area contributed by atoms with Crippen LogP contribution in [-0.2, 0) is 0 Å². The summed E-state index contributed by atoms with van der Waals surface area (Å²) in [6.45, 7) is 0. The highest BCUT2D eigenvalue weighted by molar-refractivity contribution is 5.75. The first-order valence-corrected chi connectivity index (χ1v) is 7.76. The number of fused-ring (bicyclic) bond motifs is 2. The van der Waals surface area contributed by atoms with Crippen LogP contribution in [0.2, 0.25) is 0 Å². The Kier molecular flexibility index (Phi) is 3.69. The van der Waals surface area contributed by atoms with Crippen molar-refractivity contribution >= 4 is 5.57 Å². The number of nitrogens with zero attached hydrogens (tertiary/aromatic N) is 4. The highest BCUT2D eigenvalue weighted by Gasteiger charge is 2.67. The van der Waals surface area contributed by atoms with Gasteiger partial charge in [0.15, 0.2) is 10.8 Å². The summed E-state index contributed by atoms with van der Waals surface area (Å²) in [5.41, 5.74) is -1.34. The minimum atomic E-state index is -1.65. The Morgan fingerprint density at radius 1 is 0.875 bits per heavy atom. The van der Waals surface area contributed by atoms with E-state index in [2.05, 4.69) is 0 Å². The van der Waals surface area contributed by atoms with Crippen LogP contribution >= 0.6 is 0 Å². The van der Waals surface area contributed by atoms with Gasteiger partial charge in [0.05, 0.1) is 24.3 Å². The molecule has 0 heterocycles. The lowest BCUT2D eigenvalue weighted by Crippen LogP contribution is -2.40. The van der Waals surface area contributed by atoms with Crippen molar-refractivity contribution in [2.24, 2.45) is 22.7 Å². The van der Waals surface area contributed by atoms with Crippen LogP contribution in [-0.4, -0.2) is 0 Å². The molecule has 2 atom stereocenters. The predicted octanol–water partition coefficient (Wildman–Crippen LogP) is 3.73. The summed E-state index contributed by atoms with van der Waals surface area (Å²) >= 11 is 0. The molecule has 4 heteroatoms. The summed E-state index contributed by atoms with van der Waals surface area (Å²) in [5.74, 6) is -0.765. The summed E-state index contributed by atoms with van der Waals surface area (Å²) in [7, 11) is 0. The van der Waals surface area contributed by atoms with Crippen molar-refractivity contribution in [1.29, 1.82) is 21.0 Å². The number of benzene rings is 1. The zero-order chi connectivity index (χ0) is 17.2. The van der Waals surface area contributed by atoms with Gasteiger partial charge >= 0.3 is 0 Å². The first-order valence-electron chi connectivity index (χ1n) is 7.76. The Bertz CT molecular complexity index is 853. The van der Waals surface area contributed by atoms with Gasteiger partial charge in [0.2, 0.25) is 0 Å². The van der Waals surface area contributed by atoms with E-state index in [1.807, 2.05) is 72.8 Å². The molecule has 0 N–H and O–H groups in total. The van der Waals surface area contributed by atoms with Crippen molar-refractivity contribution < 1.29 is 0 Å². The standard InChI is InChI=1S/C20H14N4/c21-11-19(12-22)17-8-4-7-16(15-5-2-1-3-6-15)9-18(10-17)20(19,13-23)14-24/h1-7,9,17-18H,8,10H2/t17-,18-/m1/s1. The van der Waals surface area contributed by atoms with Crippen molar-refractivity contribution in [2.45, 2.75) is 12.8 Å². The van der Waals surface area contributed by atoms with E-state index in [-0.39, 0.29) is 5.92 Å². The molecule has 4 nitrogen and oxygen atoms in total. The molecule has 0 unspecified atom stereocenters. The molecule has 24 heavy (non-hydrogen) atoms. The van der Waals surface area contributed by atoms with E-state index in [1.54, 1.807) is 0 Å². The van der Waals surface area contributed by atoms with Gasteiger partial charge < -0.3 is 0 Å². The van der Waals surface area contributed by atoms with E-state index < -0.39 is 16.7 Å². The van der Waals surface area contributed by atoms with E-state index in [9.17, 15) is 21.0 Å². The molecule has 2 aliphatic carbocycles. The summed E-state index contributed by atoms with van der Waals surface area (Å²) in [6, 6.07) is 17.9. The molecule has 1 fully saturated rings. The van der Waals surface area contributed by atoms with E-state index >= 15 is 0 Å². The maximum Gasteiger partial charge on any atom is 0.181 e. The van der Waals surface area contributed by atoms with Gasteiger partial charge in [-0.3, -0.25) is 0 Å². The number of hydrogen-bond acceptors (Lipinski definition) is 4. The molecule has 0 saturated heterocycles. The fourth-order valence-electron chi connectivity index (χ4n) is 3.95. The van der Waals surface area contributed by atoms with Gasteiger partial charge in [0.25, 0.3) is 0 Å². The van der Waals surface area contributed by atoms with Crippen molar-refractivity contribution in [1.82, 2.24) is 0 Å². The second kappa shape index (κ2) is 5.70. The average Bonchev–Trinajstić information content (AvgIpc) is 2.90. The Morgan fingerprint density at radius 2 is 1.50 bits per heavy atom. The van der Waals surface area contributed by atoms with Gasteiger partial charge in [-0.25, -0.2) is 0 Å². The van der Waals surface area contributed by atoms with E-state index in [0.717, 1.165) is 11.1 Å². The van der Waals surface area contributed by atoms with Crippen molar-refractivity contribution in [3.05, 3.63) is 54.1 Å². The number of hydrogen-bond donors (Lipinski definition) is 0. The van der Waals surface area contributed by atoms with Crippen LogP contribution in [0, 0.1) is 68.0 Å². The largest absolute Gasteiger partial charge is 0.196 e. The zero-order valence-electron chi connectivity index (χ0n) is 13.0. The Morgan fingerprint density at radius 3 is 2.08 bits per heavy atom. The molecule has 0 aromatic heterocycles. The third-order valence-electron chi connectivity index (χ3n) is 5.24. The van der Waals surface area contributed by atoms with Crippen LogP contribution in [0.3, 0.4) is 0 Å². The van der Waals surface area contributed by atoms with Gasteiger partial charge in [-0.1, -0.05) is 48.6 Å². The molecule has 2 bridgehead atoms.